The third-order valence-corrected chi connectivity index (χ3v) is 6.16. The first kappa shape index (κ1) is 29.1. The average Bonchev–Trinajstić information content (AvgIpc) is 2.89. The van der Waals surface area contributed by atoms with Crippen molar-refractivity contribution in [2.75, 3.05) is 18.6 Å². The van der Waals surface area contributed by atoms with Crippen LogP contribution in [-0.4, -0.2) is 24.6 Å². The van der Waals surface area contributed by atoms with Crippen LogP contribution in [-0.2, 0) is 22.4 Å². The van der Waals surface area contributed by atoms with Crippen molar-refractivity contribution in [1.82, 2.24) is 4.98 Å². The Morgan fingerprint density at radius 2 is 1.58 bits per heavy atom. The van der Waals surface area contributed by atoms with Crippen molar-refractivity contribution in [2.24, 2.45) is 11.8 Å². The number of hydrogen-bond acceptors (Lipinski definition) is 4. The van der Waals surface area contributed by atoms with Crippen LogP contribution in [0.5, 0.6) is 0 Å². The summed E-state index contributed by atoms with van der Waals surface area (Å²) in [5.74, 6) is -0.0800. The lowest BCUT2D eigenvalue weighted by molar-refractivity contribution is -0.143. The largest absolute Gasteiger partial charge is 0.469 e. The maximum atomic E-state index is 13.2. The number of halogens is 4. The number of rotatable bonds is 10. The highest BCUT2D eigenvalue weighted by Crippen LogP contribution is 2.36. The fraction of sp³-hybridized carbons (Fsp3) is 0.400. The van der Waals surface area contributed by atoms with Crippen LogP contribution in [0, 0.1) is 11.8 Å². The molecular weight excluding hydrogens is 496 g/mol. The van der Waals surface area contributed by atoms with Crippen LogP contribution in [0.2, 0.25) is 0 Å². The third-order valence-electron chi connectivity index (χ3n) is 6.16. The van der Waals surface area contributed by atoms with Crippen LogP contribution in [0.25, 0.3) is 11.3 Å². The topological polar surface area (TPSA) is 42.4 Å². The SMILES string of the molecule is COC(=O)C(CC(C)C)c1cc(-c2ccc(CF)cc2)nc(N(CC(C)C)c2ccc(C(F)(F)F)cc2)c1. The van der Waals surface area contributed by atoms with Crippen molar-refractivity contribution in [3.63, 3.8) is 0 Å². The second-order valence-electron chi connectivity index (χ2n) is 10.2. The van der Waals surface area contributed by atoms with Gasteiger partial charge in [-0.25, -0.2) is 9.37 Å². The molecule has 3 rings (SSSR count). The molecular formula is C30H34F4N2O2. The van der Waals surface area contributed by atoms with Gasteiger partial charge in [-0.05, 0) is 65.8 Å². The van der Waals surface area contributed by atoms with Crippen LogP contribution < -0.4 is 4.90 Å². The minimum absolute atomic E-state index is 0.155. The van der Waals surface area contributed by atoms with Gasteiger partial charge in [-0.2, -0.15) is 13.2 Å². The second-order valence-corrected chi connectivity index (χ2v) is 10.2. The van der Waals surface area contributed by atoms with Crippen molar-refractivity contribution in [1.29, 1.82) is 0 Å². The Balaban J connectivity index is 2.21. The van der Waals surface area contributed by atoms with Gasteiger partial charge in [0.15, 0.2) is 0 Å². The maximum absolute atomic E-state index is 13.2. The van der Waals surface area contributed by atoms with E-state index in [-0.39, 0.29) is 17.8 Å². The monoisotopic (exact) mass is 530 g/mol. The summed E-state index contributed by atoms with van der Waals surface area (Å²) in [7, 11) is 1.35. The quantitative estimate of drug-likeness (QED) is 0.195. The van der Waals surface area contributed by atoms with E-state index in [4.69, 9.17) is 9.72 Å². The number of esters is 1. The van der Waals surface area contributed by atoms with Gasteiger partial charge in [-0.1, -0.05) is 52.0 Å². The molecule has 0 radical (unpaired) electrons. The molecule has 0 amide bonds. The van der Waals surface area contributed by atoms with E-state index in [2.05, 4.69) is 0 Å². The summed E-state index contributed by atoms with van der Waals surface area (Å²) in [5, 5.41) is 0. The number of alkyl halides is 4. The van der Waals surface area contributed by atoms with E-state index in [0.717, 1.165) is 17.7 Å². The smallest absolute Gasteiger partial charge is 0.416 e. The van der Waals surface area contributed by atoms with Gasteiger partial charge in [0.25, 0.3) is 0 Å². The summed E-state index contributed by atoms with van der Waals surface area (Å²) in [4.78, 5) is 19.6. The molecule has 1 atom stereocenters. The molecule has 4 nitrogen and oxygen atoms in total. The van der Waals surface area contributed by atoms with E-state index < -0.39 is 24.3 Å². The number of hydrogen-bond donors (Lipinski definition) is 0. The van der Waals surface area contributed by atoms with Crippen LogP contribution in [0.3, 0.4) is 0 Å². The maximum Gasteiger partial charge on any atom is 0.416 e. The number of carbonyl (C=O) groups excluding carboxylic acids is 1. The lowest BCUT2D eigenvalue weighted by Gasteiger charge is -2.28. The fourth-order valence-electron chi connectivity index (χ4n) is 4.30. The van der Waals surface area contributed by atoms with Gasteiger partial charge >= 0.3 is 12.1 Å². The predicted molar refractivity (Wildman–Crippen MR) is 142 cm³/mol. The van der Waals surface area contributed by atoms with E-state index in [1.165, 1.54) is 19.2 Å². The second kappa shape index (κ2) is 12.4. The first-order valence-electron chi connectivity index (χ1n) is 12.6. The molecule has 38 heavy (non-hydrogen) atoms. The zero-order valence-electron chi connectivity index (χ0n) is 22.3. The van der Waals surface area contributed by atoms with Gasteiger partial charge in [-0.15, -0.1) is 0 Å². The number of ether oxygens (including phenoxy) is 1. The van der Waals surface area contributed by atoms with Crippen molar-refractivity contribution in [3.8, 4) is 11.3 Å². The molecule has 8 heteroatoms. The van der Waals surface area contributed by atoms with Gasteiger partial charge in [0.2, 0.25) is 0 Å². The van der Waals surface area contributed by atoms with Crippen molar-refractivity contribution in [3.05, 3.63) is 77.4 Å². The Labute approximate surface area is 221 Å². The van der Waals surface area contributed by atoms with Gasteiger partial charge in [-0.3, -0.25) is 4.79 Å². The van der Waals surface area contributed by atoms with E-state index in [9.17, 15) is 22.4 Å². The average molecular weight is 531 g/mol. The Morgan fingerprint density at radius 1 is 0.947 bits per heavy atom. The van der Waals surface area contributed by atoms with Crippen LogP contribution in [0.4, 0.5) is 29.1 Å². The van der Waals surface area contributed by atoms with Gasteiger partial charge in [0.05, 0.1) is 24.3 Å². The summed E-state index contributed by atoms with van der Waals surface area (Å²) in [6.45, 7) is 7.94. The highest BCUT2D eigenvalue weighted by atomic mass is 19.4. The molecule has 2 aromatic carbocycles. The standard InChI is InChI=1S/C30H34F4N2O2/c1-19(2)14-26(29(37)38-5)23-15-27(22-8-6-21(17-31)7-9-22)35-28(16-23)36(18-20(3)4)25-12-10-24(11-13-25)30(32,33)34/h6-13,15-16,19-20,26H,14,17-18H2,1-5H3. The third kappa shape index (κ3) is 7.33. The van der Waals surface area contributed by atoms with Crippen molar-refractivity contribution >= 4 is 17.5 Å². The molecule has 0 spiro atoms. The van der Waals surface area contributed by atoms with E-state index >= 15 is 0 Å². The van der Waals surface area contributed by atoms with E-state index in [1.807, 2.05) is 44.7 Å². The van der Waals surface area contributed by atoms with Gasteiger partial charge in [0, 0.05) is 17.8 Å². The molecule has 0 N–H and O–H groups in total. The highest BCUT2D eigenvalue weighted by molar-refractivity contribution is 5.80. The fourth-order valence-corrected chi connectivity index (χ4v) is 4.30. The summed E-state index contributed by atoms with van der Waals surface area (Å²) in [6.07, 6.45) is -3.90. The number of benzene rings is 2. The molecule has 0 saturated carbocycles. The number of aromatic nitrogens is 1. The minimum atomic E-state index is -4.44. The van der Waals surface area contributed by atoms with Gasteiger partial charge < -0.3 is 9.64 Å². The Morgan fingerprint density at radius 3 is 2.08 bits per heavy atom. The zero-order chi connectivity index (χ0) is 28.0. The molecule has 0 bridgehead atoms. The molecule has 0 saturated heterocycles. The zero-order valence-corrected chi connectivity index (χ0v) is 22.3. The van der Waals surface area contributed by atoms with Crippen molar-refractivity contribution in [2.45, 2.75) is 52.9 Å². The highest BCUT2D eigenvalue weighted by Gasteiger charge is 2.31. The Bertz CT molecular complexity index is 1210. The molecule has 1 unspecified atom stereocenters. The summed E-state index contributed by atoms with van der Waals surface area (Å²) < 4.78 is 57.9. The number of methoxy groups -OCH3 is 1. The molecule has 204 valence electrons. The summed E-state index contributed by atoms with van der Waals surface area (Å²) in [5.41, 5.74) is 2.35. The molecule has 1 aromatic heterocycles. The number of pyridine rings is 1. The number of carbonyl (C=O) groups is 1. The van der Waals surface area contributed by atoms with E-state index in [0.29, 0.717) is 41.3 Å². The Kier molecular flexibility index (Phi) is 9.52. The molecule has 0 aliphatic heterocycles. The Hall–Kier alpha value is -3.42. The lowest BCUT2D eigenvalue weighted by Crippen LogP contribution is -2.24. The summed E-state index contributed by atoms with van der Waals surface area (Å²) >= 11 is 0. The number of nitrogens with zero attached hydrogens (tertiary/aromatic N) is 2. The first-order chi connectivity index (χ1) is 17.9. The predicted octanol–water partition coefficient (Wildman–Crippen LogP) is 8.33. The van der Waals surface area contributed by atoms with Gasteiger partial charge in [0.1, 0.15) is 12.5 Å². The molecule has 0 aliphatic carbocycles. The van der Waals surface area contributed by atoms with Crippen LogP contribution in [0.1, 0.15) is 56.7 Å². The molecule has 0 aliphatic rings. The van der Waals surface area contributed by atoms with Crippen LogP contribution >= 0.6 is 0 Å². The first-order valence-corrected chi connectivity index (χ1v) is 12.6. The molecule has 0 fully saturated rings. The number of anilines is 2. The van der Waals surface area contributed by atoms with Crippen LogP contribution in [0.15, 0.2) is 60.7 Å². The minimum Gasteiger partial charge on any atom is -0.469 e. The summed E-state index contributed by atoms with van der Waals surface area (Å²) in [6, 6.07) is 15.5. The normalized spacial score (nSPS) is 12.6. The molecule has 1 heterocycles. The lowest BCUT2D eigenvalue weighted by atomic mass is 9.89. The van der Waals surface area contributed by atoms with E-state index in [1.54, 1.807) is 24.3 Å². The molecule has 3 aromatic rings. The van der Waals surface area contributed by atoms with Crippen molar-refractivity contribution < 1.29 is 27.1 Å².